The molecule has 13 heavy (non-hydrogen) atoms. The van der Waals surface area contributed by atoms with Gasteiger partial charge in [-0.15, -0.1) is 0 Å². The quantitative estimate of drug-likeness (QED) is 0.780. The van der Waals surface area contributed by atoms with Crippen LogP contribution in [-0.4, -0.2) is 22.4 Å². The van der Waals surface area contributed by atoms with Gasteiger partial charge in [0.15, 0.2) is 0 Å². The molecule has 4 heteroatoms. The molecule has 0 aliphatic carbocycles. The van der Waals surface area contributed by atoms with Crippen molar-refractivity contribution in [3.63, 3.8) is 0 Å². The SMILES string of the molecule is Cn1nc(CC2CCCN2)cc1Cl. The highest BCUT2D eigenvalue weighted by atomic mass is 35.5. The van der Waals surface area contributed by atoms with Crippen molar-refractivity contribution in [1.29, 1.82) is 0 Å². The average Bonchev–Trinajstić information content (AvgIpc) is 2.64. The van der Waals surface area contributed by atoms with E-state index in [1.54, 1.807) is 4.68 Å². The van der Waals surface area contributed by atoms with Crippen LogP contribution in [-0.2, 0) is 13.5 Å². The number of hydrogen-bond acceptors (Lipinski definition) is 2. The molecule has 1 aliphatic heterocycles. The second-order valence-corrected chi connectivity index (χ2v) is 3.97. The van der Waals surface area contributed by atoms with Gasteiger partial charge in [-0.1, -0.05) is 11.6 Å². The smallest absolute Gasteiger partial charge is 0.126 e. The van der Waals surface area contributed by atoms with E-state index in [2.05, 4.69) is 10.4 Å². The molecule has 1 fully saturated rings. The Bertz CT molecular complexity index is 270. The van der Waals surface area contributed by atoms with Crippen molar-refractivity contribution in [2.45, 2.75) is 25.3 Å². The van der Waals surface area contributed by atoms with Gasteiger partial charge in [-0.05, 0) is 25.5 Å². The van der Waals surface area contributed by atoms with Crippen molar-refractivity contribution in [3.05, 3.63) is 16.9 Å². The summed E-state index contributed by atoms with van der Waals surface area (Å²) in [5, 5.41) is 8.48. The van der Waals surface area contributed by atoms with Gasteiger partial charge in [-0.25, -0.2) is 0 Å². The lowest BCUT2D eigenvalue weighted by Crippen LogP contribution is -2.23. The summed E-state index contributed by atoms with van der Waals surface area (Å²) in [7, 11) is 1.87. The lowest BCUT2D eigenvalue weighted by atomic mass is 10.1. The molecule has 0 aromatic carbocycles. The zero-order valence-corrected chi connectivity index (χ0v) is 8.51. The van der Waals surface area contributed by atoms with Crippen LogP contribution in [0.15, 0.2) is 6.07 Å². The van der Waals surface area contributed by atoms with Gasteiger partial charge in [0.1, 0.15) is 5.15 Å². The molecule has 1 aliphatic rings. The largest absolute Gasteiger partial charge is 0.314 e. The molecule has 1 unspecified atom stereocenters. The zero-order chi connectivity index (χ0) is 9.26. The van der Waals surface area contributed by atoms with Crippen LogP contribution in [0.2, 0.25) is 5.15 Å². The molecule has 0 bridgehead atoms. The lowest BCUT2D eigenvalue weighted by molar-refractivity contribution is 0.587. The van der Waals surface area contributed by atoms with Crippen molar-refractivity contribution in [1.82, 2.24) is 15.1 Å². The molecule has 0 radical (unpaired) electrons. The summed E-state index contributed by atoms with van der Waals surface area (Å²) in [5.74, 6) is 0. The van der Waals surface area contributed by atoms with Crippen molar-refractivity contribution in [2.24, 2.45) is 7.05 Å². The lowest BCUT2D eigenvalue weighted by Gasteiger charge is -2.06. The van der Waals surface area contributed by atoms with E-state index in [0.717, 1.165) is 18.7 Å². The van der Waals surface area contributed by atoms with Crippen molar-refractivity contribution in [2.75, 3.05) is 6.54 Å². The van der Waals surface area contributed by atoms with E-state index in [1.807, 2.05) is 13.1 Å². The van der Waals surface area contributed by atoms with Gasteiger partial charge < -0.3 is 5.32 Å². The fourth-order valence-electron chi connectivity index (χ4n) is 1.78. The van der Waals surface area contributed by atoms with Crippen molar-refractivity contribution < 1.29 is 0 Å². The van der Waals surface area contributed by atoms with E-state index in [0.29, 0.717) is 11.2 Å². The molecular weight excluding hydrogens is 186 g/mol. The van der Waals surface area contributed by atoms with Crippen LogP contribution in [0.3, 0.4) is 0 Å². The Hall–Kier alpha value is -0.540. The Morgan fingerprint density at radius 1 is 1.77 bits per heavy atom. The first-order chi connectivity index (χ1) is 6.25. The number of nitrogens with one attached hydrogen (secondary N) is 1. The van der Waals surface area contributed by atoms with Crippen LogP contribution in [0, 0.1) is 0 Å². The Balaban J connectivity index is 2.00. The van der Waals surface area contributed by atoms with Gasteiger partial charge in [-0.2, -0.15) is 5.10 Å². The van der Waals surface area contributed by atoms with Gasteiger partial charge in [0.2, 0.25) is 0 Å². The third kappa shape index (κ3) is 2.03. The Morgan fingerprint density at radius 3 is 3.15 bits per heavy atom. The number of hydrogen-bond donors (Lipinski definition) is 1. The summed E-state index contributed by atoms with van der Waals surface area (Å²) in [4.78, 5) is 0. The second kappa shape index (κ2) is 3.68. The van der Waals surface area contributed by atoms with Crippen LogP contribution in [0.25, 0.3) is 0 Å². The summed E-state index contributed by atoms with van der Waals surface area (Å²) in [6, 6.07) is 2.55. The molecule has 1 aromatic heterocycles. The van der Waals surface area contributed by atoms with Crippen LogP contribution >= 0.6 is 11.6 Å². The van der Waals surface area contributed by atoms with Crippen LogP contribution < -0.4 is 5.32 Å². The van der Waals surface area contributed by atoms with Crippen LogP contribution in [0.5, 0.6) is 0 Å². The van der Waals surface area contributed by atoms with E-state index in [9.17, 15) is 0 Å². The maximum atomic E-state index is 5.89. The normalized spacial score (nSPS) is 22.5. The fourth-order valence-corrected chi connectivity index (χ4v) is 1.95. The van der Waals surface area contributed by atoms with E-state index in [4.69, 9.17) is 11.6 Å². The molecule has 3 nitrogen and oxygen atoms in total. The Morgan fingerprint density at radius 2 is 2.62 bits per heavy atom. The number of rotatable bonds is 2. The second-order valence-electron chi connectivity index (χ2n) is 3.58. The molecule has 0 saturated carbocycles. The highest BCUT2D eigenvalue weighted by Gasteiger charge is 2.16. The first-order valence-corrected chi connectivity index (χ1v) is 5.05. The standard InChI is InChI=1S/C9H14ClN3/c1-13-9(10)6-8(12-13)5-7-3-2-4-11-7/h6-7,11H,2-5H2,1H3. The average molecular weight is 200 g/mol. The Kier molecular flexibility index (Phi) is 2.56. The molecule has 72 valence electrons. The van der Waals surface area contributed by atoms with Gasteiger partial charge in [0.05, 0.1) is 5.69 Å². The van der Waals surface area contributed by atoms with Gasteiger partial charge in [0, 0.05) is 19.5 Å². The molecule has 1 aromatic rings. The molecule has 2 heterocycles. The van der Waals surface area contributed by atoms with E-state index >= 15 is 0 Å². The fraction of sp³-hybridized carbons (Fsp3) is 0.667. The molecule has 2 rings (SSSR count). The Labute approximate surface area is 83.1 Å². The maximum absolute atomic E-state index is 5.89. The summed E-state index contributed by atoms with van der Waals surface area (Å²) in [5.41, 5.74) is 1.09. The van der Waals surface area contributed by atoms with E-state index in [-0.39, 0.29) is 0 Å². The third-order valence-corrected chi connectivity index (χ3v) is 2.84. The topological polar surface area (TPSA) is 29.9 Å². The summed E-state index contributed by atoms with van der Waals surface area (Å²) >= 11 is 5.89. The van der Waals surface area contributed by atoms with Crippen molar-refractivity contribution in [3.8, 4) is 0 Å². The van der Waals surface area contributed by atoms with Crippen molar-refractivity contribution >= 4 is 11.6 Å². The van der Waals surface area contributed by atoms with Gasteiger partial charge >= 0.3 is 0 Å². The number of nitrogens with zero attached hydrogens (tertiary/aromatic N) is 2. The zero-order valence-electron chi connectivity index (χ0n) is 7.76. The van der Waals surface area contributed by atoms with E-state index < -0.39 is 0 Å². The minimum atomic E-state index is 0.603. The van der Waals surface area contributed by atoms with Gasteiger partial charge in [-0.3, -0.25) is 4.68 Å². The first-order valence-electron chi connectivity index (χ1n) is 4.67. The molecule has 1 atom stereocenters. The minimum Gasteiger partial charge on any atom is -0.314 e. The summed E-state index contributed by atoms with van der Waals surface area (Å²) < 4.78 is 1.71. The maximum Gasteiger partial charge on any atom is 0.126 e. The molecule has 1 N–H and O–H groups in total. The number of halogens is 1. The highest BCUT2D eigenvalue weighted by Crippen LogP contribution is 2.14. The molecular formula is C9H14ClN3. The number of aromatic nitrogens is 2. The van der Waals surface area contributed by atoms with Crippen LogP contribution in [0.4, 0.5) is 0 Å². The highest BCUT2D eigenvalue weighted by molar-refractivity contribution is 6.29. The predicted octanol–water partition coefficient (Wildman–Crippen LogP) is 1.37. The van der Waals surface area contributed by atoms with E-state index in [1.165, 1.54) is 12.8 Å². The van der Waals surface area contributed by atoms with Gasteiger partial charge in [0.25, 0.3) is 0 Å². The summed E-state index contributed by atoms with van der Waals surface area (Å²) in [6.45, 7) is 1.14. The molecule has 0 amide bonds. The molecule has 0 spiro atoms. The van der Waals surface area contributed by atoms with Crippen LogP contribution in [0.1, 0.15) is 18.5 Å². The minimum absolute atomic E-state index is 0.603. The third-order valence-electron chi connectivity index (χ3n) is 2.49. The summed E-state index contributed by atoms with van der Waals surface area (Å²) in [6.07, 6.45) is 3.54. The molecule has 1 saturated heterocycles. The monoisotopic (exact) mass is 199 g/mol. The first kappa shape index (κ1) is 9.03. The number of aryl methyl sites for hydroxylation is 1. The predicted molar refractivity (Wildman–Crippen MR) is 52.9 cm³/mol.